The topological polar surface area (TPSA) is 78.7 Å². The summed E-state index contributed by atoms with van der Waals surface area (Å²) < 4.78 is 0. The number of fused-ring (bicyclic) bond motifs is 1. The lowest BCUT2D eigenvalue weighted by atomic mass is 9.67. The number of nitro groups is 1. The van der Waals surface area contributed by atoms with Gasteiger partial charge in [0.05, 0.1) is 10.3 Å². The molecule has 0 radical (unpaired) electrons. The first-order valence-corrected chi connectivity index (χ1v) is 9.60. The molecule has 1 aromatic carbocycles. The molecular weight excluding hydrogens is 368 g/mol. The third-order valence-corrected chi connectivity index (χ3v) is 6.45. The Morgan fingerprint density at radius 1 is 1.19 bits per heavy atom. The molecule has 2 atom stereocenters. The Bertz CT molecular complexity index is 708. The van der Waals surface area contributed by atoms with Crippen LogP contribution >= 0.6 is 12.4 Å². The van der Waals surface area contributed by atoms with Crippen LogP contribution in [0.2, 0.25) is 0 Å². The third kappa shape index (κ3) is 3.50. The quantitative estimate of drug-likeness (QED) is 0.629. The van der Waals surface area contributed by atoms with Gasteiger partial charge in [-0.2, -0.15) is 0 Å². The Morgan fingerprint density at radius 3 is 2.67 bits per heavy atom. The van der Waals surface area contributed by atoms with Crippen LogP contribution in [0.5, 0.6) is 0 Å². The van der Waals surface area contributed by atoms with Crippen LogP contribution in [0.25, 0.3) is 0 Å². The number of carbonyl (C=O) groups excluding carboxylic acids is 1. The van der Waals surface area contributed by atoms with Crippen LogP contribution in [0.15, 0.2) is 24.3 Å². The lowest BCUT2D eigenvalue weighted by Crippen LogP contribution is -2.56. The van der Waals surface area contributed by atoms with Crippen molar-refractivity contribution in [3.8, 4) is 0 Å². The molecule has 0 spiro atoms. The van der Waals surface area contributed by atoms with Crippen molar-refractivity contribution in [2.75, 3.05) is 44.2 Å². The molecule has 1 saturated carbocycles. The minimum Gasteiger partial charge on any atom is -0.362 e. The van der Waals surface area contributed by atoms with E-state index in [1.807, 2.05) is 15.9 Å². The lowest BCUT2D eigenvalue weighted by molar-refractivity contribution is -0.384. The maximum absolute atomic E-state index is 13.3. The summed E-state index contributed by atoms with van der Waals surface area (Å²) in [6.07, 6.45) is 4.51. The van der Waals surface area contributed by atoms with Crippen LogP contribution < -0.4 is 10.2 Å². The zero-order valence-electron chi connectivity index (χ0n) is 15.4. The molecule has 2 heterocycles. The number of nitrogens with zero attached hydrogens (tertiary/aromatic N) is 3. The van der Waals surface area contributed by atoms with Crippen LogP contribution in [0, 0.1) is 21.4 Å². The van der Waals surface area contributed by atoms with E-state index < -0.39 is 0 Å². The summed E-state index contributed by atoms with van der Waals surface area (Å²) in [6, 6.07) is 6.86. The van der Waals surface area contributed by atoms with E-state index in [4.69, 9.17) is 0 Å². The number of rotatable bonds is 3. The number of nitrogens with one attached hydrogen (secondary N) is 1. The fourth-order valence-corrected chi connectivity index (χ4v) is 5.02. The zero-order valence-corrected chi connectivity index (χ0v) is 16.2. The smallest absolute Gasteiger partial charge is 0.292 e. The van der Waals surface area contributed by atoms with Gasteiger partial charge in [-0.05, 0) is 31.4 Å². The van der Waals surface area contributed by atoms with Crippen LogP contribution in [-0.2, 0) is 4.79 Å². The van der Waals surface area contributed by atoms with E-state index in [0.29, 0.717) is 43.7 Å². The van der Waals surface area contributed by atoms with Gasteiger partial charge in [0.2, 0.25) is 5.91 Å². The Morgan fingerprint density at radius 2 is 1.93 bits per heavy atom. The fraction of sp³-hybridized carbons (Fsp3) is 0.632. The Hall–Kier alpha value is -1.86. The van der Waals surface area contributed by atoms with Gasteiger partial charge in [0.1, 0.15) is 5.69 Å². The largest absolute Gasteiger partial charge is 0.362 e. The van der Waals surface area contributed by atoms with Gasteiger partial charge < -0.3 is 15.1 Å². The second-order valence-electron chi connectivity index (χ2n) is 7.75. The molecule has 0 bridgehead atoms. The predicted octanol–water partition coefficient (Wildman–Crippen LogP) is 2.45. The molecule has 1 aliphatic carbocycles. The summed E-state index contributed by atoms with van der Waals surface area (Å²) in [7, 11) is 0. The van der Waals surface area contributed by atoms with E-state index in [9.17, 15) is 14.9 Å². The molecule has 1 N–H and O–H groups in total. The molecular formula is C19H27ClN4O3. The molecule has 27 heavy (non-hydrogen) atoms. The van der Waals surface area contributed by atoms with E-state index in [-0.39, 0.29) is 28.4 Å². The van der Waals surface area contributed by atoms with Crippen molar-refractivity contribution in [2.24, 2.45) is 11.3 Å². The summed E-state index contributed by atoms with van der Waals surface area (Å²) >= 11 is 0. The highest BCUT2D eigenvalue weighted by molar-refractivity contribution is 5.85. The number of hydrogen-bond acceptors (Lipinski definition) is 5. The third-order valence-electron chi connectivity index (χ3n) is 6.45. The number of hydrogen-bond donors (Lipinski definition) is 1. The maximum atomic E-state index is 13.3. The molecule has 8 heteroatoms. The molecule has 3 aliphatic rings. The number of benzene rings is 1. The van der Waals surface area contributed by atoms with Crippen LogP contribution in [0.1, 0.15) is 25.7 Å². The molecule has 1 amide bonds. The minimum absolute atomic E-state index is 0. The monoisotopic (exact) mass is 394 g/mol. The summed E-state index contributed by atoms with van der Waals surface area (Å²) in [5.41, 5.74) is 0.582. The van der Waals surface area contributed by atoms with E-state index >= 15 is 0 Å². The second kappa shape index (κ2) is 8.02. The Balaban J connectivity index is 0.00000210. The van der Waals surface area contributed by atoms with Crippen molar-refractivity contribution in [3.05, 3.63) is 34.4 Å². The highest BCUT2D eigenvalue weighted by Crippen LogP contribution is 2.45. The average Bonchev–Trinajstić information content (AvgIpc) is 3.13. The van der Waals surface area contributed by atoms with E-state index in [2.05, 4.69) is 5.32 Å². The summed E-state index contributed by atoms with van der Waals surface area (Å²) in [4.78, 5) is 28.3. The van der Waals surface area contributed by atoms with E-state index in [1.165, 1.54) is 6.42 Å². The lowest BCUT2D eigenvalue weighted by Gasteiger charge is -2.44. The molecule has 3 fully saturated rings. The summed E-state index contributed by atoms with van der Waals surface area (Å²) in [5.74, 6) is 0.770. The van der Waals surface area contributed by atoms with Gasteiger partial charge in [-0.25, -0.2) is 0 Å². The SMILES string of the molecule is Cl.O=C(N1CCN(c2ccccc2[N+](=O)[O-])CC1)[C@@]12CCCC[C@H]1CNC2. The normalized spacial score (nSPS) is 27.6. The van der Waals surface area contributed by atoms with Crippen LogP contribution in [0.4, 0.5) is 11.4 Å². The van der Waals surface area contributed by atoms with Gasteiger partial charge in [-0.15, -0.1) is 12.4 Å². The van der Waals surface area contributed by atoms with Gasteiger partial charge in [0.25, 0.3) is 5.69 Å². The standard InChI is InChI=1S/C19H26N4O3.ClH/c24-18(19-8-4-3-5-15(19)13-20-14-19)22-11-9-21(10-12-22)16-6-1-2-7-17(16)23(25)26;/h1-2,6-7,15,20H,3-5,8-14H2;1H/t15-,19+;/m0./s1. The van der Waals surface area contributed by atoms with Gasteiger partial charge in [0.15, 0.2) is 0 Å². The van der Waals surface area contributed by atoms with E-state index in [1.54, 1.807) is 18.2 Å². The van der Waals surface area contributed by atoms with Crippen molar-refractivity contribution < 1.29 is 9.72 Å². The number of halogens is 1. The average molecular weight is 395 g/mol. The predicted molar refractivity (Wildman–Crippen MR) is 106 cm³/mol. The van der Waals surface area contributed by atoms with Gasteiger partial charge in [-0.3, -0.25) is 14.9 Å². The zero-order chi connectivity index (χ0) is 18.1. The van der Waals surface area contributed by atoms with Crippen molar-refractivity contribution in [1.82, 2.24) is 10.2 Å². The van der Waals surface area contributed by atoms with Crippen LogP contribution in [-0.4, -0.2) is 55.0 Å². The van der Waals surface area contributed by atoms with E-state index in [0.717, 1.165) is 32.4 Å². The summed E-state index contributed by atoms with van der Waals surface area (Å²) in [6.45, 7) is 4.33. The van der Waals surface area contributed by atoms with Crippen molar-refractivity contribution >= 4 is 29.7 Å². The molecule has 0 aromatic heterocycles. The fourth-order valence-electron chi connectivity index (χ4n) is 5.02. The number of piperazine rings is 1. The molecule has 2 saturated heterocycles. The molecule has 2 aliphatic heterocycles. The number of anilines is 1. The molecule has 7 nitrogen and oxygen atoms in total. The maximum Gasteiger partial charge on any atom is 0.292 e. The number of para-hydroxylation sites is 2. The van der Waals surface area contributed by atoms with Gasteiger partial charge >= 0.3 is 0 Å². The minimum atomic E-state index is -0.331. The van der Waals surface area contributed by atoms with Crippen molar-refractivity contribution in [1.29, 1.82) is 0 Å². The Kier molecular flexibility index (Phi) is 5.91. The first-order chi connectivity index (χ1) is 12.6. The number of carbonyl (C=O) groups is 1. The van der Waals surface area contributed by atoms with Gasteiger partial charge in [-0.1, -0.05) is 25.0 Å². The van der Waals surface area contributed by atoms with Crippen molar-refractivity contribution in [3.63, 3.8) is 0 Å². The summed E-state index contributed by atoms with van der Waals surface area (Å²) in [5, 5.41) is 14.7. The van der Waals surface area contributed by atoms with Crippen LogP contribution in [0.3, 0.4) is 0 Å². The molecule has 148 valence electrons. The number of nitro benzene ring substituents is 1. The Labute approximate surface area is 165 Å². The molecule has 4 rings (SSSR count). The number of amides is 1. The first-order valence-electron chi connectivity index (χ1n) is 9.60. The second-order valence-corrected chi connectivity index (χ2v) is 7.75. The molecule has 0 unspecified atom stereocenters. The highest BCUT2D eigenvalue weighted by atomic mass is 35.5. The van der Waals surface area contributed by atoms with Gasteiger partial charge in [0, 0.05) is 38.8 Å². The van der Waals surface area contributed by atoms with Crippen molar-refractivity contribution in [2.45, 2.75) is 25.7 Å². The molecule has 1 aromatic rings. The first kappa shape index (κ1) is 19.9. The highest BCUT2D eigenvalue weighted by Gasteiger charge is 2.51.